The van der Waals surface area contributed by atoms with Gasteiger partial charge < -0.3 is 15.7 Å². The Morgan fingerprint density at radius 3 is 2.57 bits per heavy atom. The lowest BCUT2D eigenvalue weighted by atomic mass is 10.1. The van der Waals surface area contributed by atoms with Gasteiger partial charge in [-0.3, -0.25) is 4.99 Å². The van der Waals surface area contributed by atoms with Gasteiger partial charge in [0.2, 0.25) is 0 Å². The zero-order chi connectivity index (χ0) is 16.6. The van der Waals surface area contributed by atoms with E-state index in [-0.39, 0.29) is 40.8 Å². The smallest absolute Gasteiger partial charge is 0.191 e. The van der Waals surface area contributed by atoms with Crippen LogP contribution in [0.1, 0.15) is 32.4 Å². The van der Waals surface area contributed by atoms with E-state index in [0.717, 1.165) is 6.54 Å². The molecule has 0 aliphatic carbocycles. The predicted molar refractivity (Wildman–Crippen MR) is 108 cm³/mol. The Hall–Kier alpha value is -0.540. The number of aliphatic imine (C=N–C) groups is 1. The molecule has 0 aromatic heterocycles. The molecular formula is C16H27FIN3OS. The van der Waals surface area contributed by atoms with Crippen molar-refractivity contribution in [2.45, 2.75) is 31.6 Å². The number of rotatable bonds is 7. The summed E-state index contributed by atoms with van der Waals surface area (Å²) in [6, 6.07) is 6.25. The van der Waals surface area contributed by atoms with E-state index >= 15 is 0 Å². The lowest BCUT2D eigenvalue weighted by Crippen LogP contribution is -2.40. The number of aliphatic hydroxyl groups is 1. The van der Waals surface area contributed by atoms with E-state index in [4.69, 9.17) is 0 Å². The van der Waals surface area contributed by atoms with Crippen LogP contribution < -0.4 is 10.6 Å². The molecule has 0 spiro atoms. The van der Waals surface area contributed by atoms with Crippen LogP contribution >= 0.6 is 35.7 Å². The first-order valence-electron chi connectivity index (χ1n) is 7.39. The fourth-order valence-electron chi connectivity index (χ4n) is 1.72. The van der Waals surface area contributed by atoms with Crippen molar-refractivity contribution in [2.75, 3.05) is 25.9 Å². The van der Waals surface area contributed by atoms with Crippen molar-refractivity contribution in [3.63, 3.8) is 0 Å². The summed E-state index contributed by atoms with van der Waals surface area (Å²) in [4.78, 5) is 4.51. The molecule has 0 radical (unpaired) electrons. The normalized spacial score (nSPS) is 13.2. The molecule has 0 heterocycles. The van der Waals surface area contributed by atoms with Gasteiger partial charge in [0.05, 0.1) is 12.6 Å². The molecule has 0 amide bonds. The Kier molecular flexibility index (Phi) is 10.8. The van der Waals surface area contributed by atoms with Gasteiger partial charge in [0.1, 0.15) is 5.82 Å². The van der Waals surface area contributed by atoms with E-state index in [0.29, 0.717) is 12.5 Å². The third kappa shape index (κ3) is 8.21. The fraction of sp³-hybridized carbons (Fsp3) is 0.562. The summed E-state index contributed by atoms with van der Waals surface area (Å²) in [6.07, 6.45) is 1.14. The highest BCUT2D eigenvalue weighted by atomic mass is 127. The van der Waals surface area contributed by atoms with Crippen molar-refractivity contribution < 1.29 is 9.50 Å². The highest BCUT2D eigenvalue weighted by molar-refractivity contribution is 14.0. The topological polar surface area (TPSA) is 56.7 Å². The van der Waals surface area contributed by atoms with Gasteiger partial charge in [0, 0.05) is 23.4 Å². The molecule has 1 atom stereocenters. The monoisotopic (exact) mass is 455 g/mol. The minimum atomic E-state index is -0.918. The van der Waals surface area contributed by atoms with Gasteiger partial charge in [-0.1, -0.05) is 18.2 Å². The molecule has 0 bridgehead atoms. The van der Waals surface area contributed by atoms with Crippen molar-refractivity contribution in [1.82, 2.24) is 10.6 Å². The number of guanidine groups is 1. The Morgan fingerprint density at radius 2 is 2.00 bits per heavy atom. The van der Waals surface area contributed by atoms with Gasteiger partial charge in [-0.05, 0) is 33.1 Å². The van der Waals surface area contributed by atoms with Crippen molar-refractivity contribution in [3.8, 4) is 0 Å². The molecule has 1 rings (SSSR count). The van der Waals surface area contributed by atoms with E-state index in [9.17, 15) is 9.50 Å². The minimum Gasteiger partial charge on any atom is -0.386 e. The predicted octanol–water partition coefficient (Wildman–Crippen LogP) is 3.17. The molecule has 3 N–H and O–H groups in total. The molecule has 1 unspecified atom stereocenters. The lowest BCUT2D eigenvalue weighted by Gasteiger charge is -2.21. The summed E-state index contributed by atoms with van der Waals surface area (Å²) in [5, 5.41) is 16.3. The average Bonchev–Trinajstić information content (AvgIpc) is 2.50. The number of nitrogens with zero attached hydrogens (tertiary/aromatic N) is 1. The van der Waals surface area contributed by atoms with Crippen LogP contribution in [0.4, 0.5) is 4.39 Å². The third-order valence-corrected chi connectivity index (χ3v) is 4.48. The quantitative estimate of drug-likeness (QED) is 0.336. The van der Waals surface area contributed by atoms with E-state index in [1.807, 2.05) is 6.92 Å². The van der Waals surface area contributed by atoms with Gasteiger partial charge in [0.25, 0.3) is 0 Å². The first-order valence-corrected chi connectivity index (χ1v) is 8.62. The molecule has 0 aliphatic heterocycles. The molecule has 132 valence electrons. The van der Waals surface area contributed by atoms with E-state index in [1.54, 1.807) is 30.0 Å². The van der Waals surface area contributed by atoms with Crippen molar-refractivity contribution in [3.05, 3.63) is 35.6 Å². The number of aliphatic hydroxyl groups excluding tert-OH is 1. The number of hydrogen-bond donors (Lipinski definition) is 3. The zero-order valence-corrected chi connectivity index (χ0v) is 17.2. The van der Waals surface area contributed by atoms with E-state index in [2.05, 4.69) is 35.7 Å². The summed E-state index contributed by atoms with van der Waals surface area (Å²) in [5.41, 5.74) is 0.287. The Balaban J connectivity index is 0.00000484. The summed E-state index contributed by atoms with van der Waals surface area (Å²) in [6.45, 7) is 7.80. The van der Waals surface area contributed by atoms with Gasteiger partial charge in [-0.2, -0.15) is 11.8 Å². The number of hydrogen-bond acceptors (Lipinski definition) is 3. The highest BCUT2D eigenvalue weighted by Crippen LogP contribution is 2.21. The minimum absolute atomic E-state index is 0. The maximum Gasteiger partial charge on any atom is 0.191 e. The molecule has 0 fully saturated rings. The van der Waals surface area contributed by atoms with Crippen molar-refractivity contribution >= 4 is 41.7 Å². The highest BCUT2D eigenvalue weighted by Gasteiger charge is 2.16. The number of benzene rings is 1. The van der Waals surface area contributed by atoms with E-state index in [1.165, 1.54) is 6.07 Å². The first-order chi connectivity index (χ1) is 10.4. The van der Waals surface area contributed by atoms with Crippen LogP contribution in [0.3, 0.4) is 0 Å². The first kappa shape index (κ1) is 22.5. The summed E-state index contributed by atoms with van der Waals surface area (Å²) < 4.78 is 13.7. The second kappa shape index (κ2) is 11.1. The van der Waals surface area contributed by atoms with Gasteiger partial charge >= 0.3 is 0 Å². The molecule has 0 saturated carbocycles. The van der Waals surface area contributed by atoms with Crippen molar-refractivity contribution in [1.29, 1.82) is 0 Å². The second-order valence-electron chi connectivity index (χ2n) is 5.58. The van der Waals surface area contributed by atoms with Crippen molar-refractivity contribution in [2.24, 2.45) is 4.99 Å². The average molecular weight is 455 g/mol. The molecular weight excluding hydrogens is 428 g/mol. The zero-order valence-electron chi connectivity index (χ0n) is 14.1. The van der Waals surface area contributed by atoms with Crippen LogP contribution in [0.2, 0.25) is 0 Å². The molecule has 0 saturated heterocycles. The van der Waals surface area contributed by atoms with Gasteiger partial charge in [-0.15, -0.1) is 24.0 Å². The summed E-state index contributed by atoms with van der Waals surface area (Å²) >= 11 is 1.75. The van der Waals surface area contributed by atoms with Gasteiger partial charge in [-0.25, -0.2) is 4.39 Å². The Morgan fingerprint density at radius 1 is 1.35 bits per heavy atom. The standard InChI is InChI=1S/C16H26FN3OS.HI/c1-5-18-15(20-11-16(2,3)22-4)19-10-14(21)12-8-6-7-9-13(12)17;/h6-9,14,21H,5,10-11H2,1-4H3,(H2,18,19,20);1H. The third-order valence-electron chi connectivity index (χ3n) is 3.24. The molecule has 4 nitrogen and oxygen atoms in total. The van der Waals surface area contributed by atoms with Gasteiger partial charge in [0.15, 0.2) is 5.96 Å². The molecule has 1 aromatic rings. The maximum absolute atomic E-state index is 13.6. The lowest BCUT2D eigenvalue weighted by molar-refractivity contribution is 0.176. The van der Waals surface area contributed by atoms with E-state index < -0.39 is 11.9 Å². The SMILES string of the molecule is CCNC(=NCC(C)(C)SC)NCC(O)c1ccccc1F.I. The van der Waals surface area contributed by atoms with Crippen LogP contribution in [0, 0.1) is 5.82 Å². The Bertz CT molecular complexity index is 500. The van der Waals surface area contributed by atoms with Crippen LogP contribution in [0.15, 0.2) is 29.3 Å². The molecule has 0 aliphatic rings. The molecule has 23 heavy (non-hydrogen) atoms. The number of halogens is 2. The fourth-order valence-corrected chi connectivity index (χ4v) is 1.92. The summed E-state index contributed by atoms with van der Waals surface area (Å²) in [7, 11) is 0. The summed E-state index contributed by atoms with van der Waals surface area (Å²) in [5.74, 6) is 0.224. The maximum atomic E-state index is 13.6. The second-order valence-corrected chi connectivity index (χ2v) is 7.09. The van der Waals surface area contributed by atoms with Crippen LogP contribution in [0.5, 0.6) is 0 Å². The largest absolute Gasteiger partial charge is 0.386 e. The van der Waals surface area contributed by atoms with Crippen LogP contribution in [-0.2, 0) is 0 Å². The molecule has 1 aromatic carbocycles. The number of nitrogens with one attached hydrogen (secondary N) is 2. The Labute approximate surface area is 159 Å². The van der Waals surface area contributed by atoms with Crippen LogP contribution in [-0.4, -0.2) is 41.7 Å². The number of thioether (sulfide) groups is 1. The molecule has 7 heteroatoms. The van der Waals surface area contributed by atoms with Crippen LogP contribution in [0.25, 0.3) is 0 Å².